The molecule has 1 aliphatic rings. The van der Waals surface area contributed by atoms with Crippen LogP contribution < -0.4 is 5.32 Å². The molecule has 0 aliphatic carbocycles. The van der Waals surface area contributed by atoms with Crippen LogP contribution in [-0.4, -0.2) is 53.6 Å². The van der Waals surface area contributed by atoms with Crippen molar-refractivity contribution in [2.24, 2.45) is 0 Å². The molecule has 0 spiro atoms. The highest BCUT2D eigenvalue weighted by Gasteiger charge is 2.33. The molecule has 1 atom stereocenters. The first-order valence-electron chi connectivity index (χ1n) is 10.4. The van der Waals surface area contributed by atoms with E-state index in [2.05, 4.69) is 10.2 Å². The van der Waals surface area contributed by atoms with Gasteiger partial charge in [0.05, 0.1) is 0 Å². The molecular formula is C24H31N3O3. The van der Waals surface area contributed by atoms with E-state index in [4.69, 9.17) is 4.74 Å². The second-order valence-electron chi connectivity index (χ2n) is 8.62. The van der Waals surface area contributed by atoms with E-state index in [1.54, 1.807) is 4.90 Å². The van der Waals surface area contributed by atoms with Gasteiger partial charge in [-0.05, 0) is 44.9 Å². The Labute approximate surface area is 178 Å². The predicted molar refractivity (Wildman–Crippen MR) is 118 cm³/mol. The van der Waals surface area contributed by atoms with Crippen molar-refractivity contribution < 1.29 is 14.3 Å². The van der Waals surface area contributed by atoms with Crippen molar-refractivity contribution in [2.75, 3.05) is 31.5 Å². The lowest BCUT2D eigenvalue weighted by atomic mass is 10.0. The fourth-order valence-electron chi connectivity index (χ4n) is 3.57. The molecule has 2 aromatic carbocycles. The summed E-state index contributed by atoms with van der Waals surface area (Å²) in [5.74, 6) is -0.0683. The molecule has 160 valence electrons. The molecule has 6 nitrogen and oxygen atoms in total. The average molecular weight is 410 g/mol. The number of ether oxygens (including phenoxy) is 1. The van der Waals surface area contributed by atoms with E-state index in [1.165, 1.54) is 0 Å². The Balaban J connectivity index is 1.74. The van der Waals surface area contributed by atoms with Gasteiger partial charge in [-0.1, -0.05) is 48.5 Å². The molecular weight excluding hydrogens is 378 g/mol. The Hall–Kier alpha value is -2.86. The van der Waals surface area contributed by atoms with Crippen LogP contribution in [0.5, 0.6) is 0 Å². The number of anilines is 1. The SMILES string of the molecule is Cc1ccccc1NC(=O)C(c1ccccc1)N1CCN(C(=O)OC(C)(C)C)CC1. The summed E-state index contributed by atoms with van der Waals surface area (Å²) >= 11 is 0. The van der Waals surface area contributed by atoms with Crippen LogP contribution in [0.15, 0.2) is 54.6 Å². The summed E-state index contributed by atoms with van der Waals surface area (Å²) in [6.45, 7) is 9.81. The molecule has 1 heterocycles. The molecule has 2 amide bonds. The zero-order valence-corrected chi connectivity index (χ0v) is 18.2. The first-order chi connectivity index (χ1) is 14.2. The number of carbonyl (C=O) groups excluding carboxylic acids is 2. The van der Waals surface area contributed by atoms with Gasteiger partial charge in [-0.2, -0.15) is 0 Å². The maximum absolute atomic E-state index is 13.3. The third-order valence-electron chi connectivity index (χ3n) is 5.10. The van der Waals surface area contributed by atoms with Crippen molar-refractivity contribution >= 4 is 17.7 Å². The lowest BCUT2D eigenvalue weighted by Gasteiger charge is -2.39. The first kappa shape index (κ1) is 21.8. The number of hydrogen-bond acceptors (Lipinski definition) is 4. The number of rotatable bonds is 4. The van der Waals surface area contributed by atoms with Crippen molar-refractivity contribution in [2.45, 2.75) is 39.3 Å². The third-order valence-corrected chi connectivity index (χ3v) is 5.10. The van der Waals surface area contributed by atoms with Crippen LogP contribution >= 0.6 is 0 Å². The molecule has 0 radical (unpaired) electrons. The molecule has 1 aliphatic heterocycles. The fraction of sp³-hybridized carbons (Fsp3) is 0.417. The van der Waals surface area contributed by atoms with Crippen molar-refractivity contribution in [1.82, 2.24) is 9.80 Å². The summed E-state index contributed by atoms with van der Waals surface area (Å²) in [5, 5.41) is 3.09. The zero-order valence-electron chi connectivity index (χ0n) is 18.2. The third kappa shape index (κ3) is 5.60. The molecule has 0 aromatic heterocycles. The Morgan fingerprint density at radius 1 is 0.933 bits per heavy atom. The summed E-state index contributed by atoms with van der Waals surface area (Å²) in [6, 6.07) is 17.1. The highest BCUT2D eigenvalue weighted by atomic mass is 16.6. The smallest absolute Gasteiger partial charge is 0.410 e. The summed E-state index contributed by atoms with van der Waals surface area (Å²) < 4.78 is 5.49. The normalized spacial score (nSPS) is 16.1. The van der Waals surface area contributed by atoms with Crippen molar-refractivity contribution in [3.05, 3.63) is 65.7 Å². The predicted octanol–water partition coefficient (Wildman–Crippen LogP) is 4.23. The minimum Gasteiger partial charge on any atom is -0.444 e. The van der Waals surface area contributed by atoms with Gasteiger partial charge < -0.3 is 15.0 Å². The number of amides is 2. The summed E-state index contributed by atoms with van der Waals surface area (Å²) in [6.07, 6.45) is -0.303. The Morgan fingerprint density at radius 2 is 1.53 bits per heavy atom. The minimum absolute atomic E-state index is 0.0683. The van der Waals surface area contributed by atoms with Gasteiger partial charge in [0.2, 0.25) is 5.91 Å². The molecule has 1 saturated heterocycles. The average Bonchev–Trinajstić information content (AvgIpc) is 2.70. The van der Waals surface area contributed by atoms with E-state index in [-0.39, 0.29) is 12.0 Å². The van der Waals surface area contributed by atoms with E-state index < -0.39 is 11.6 Å². The second kappa shape index (κ2) is 9.30. The lowest BCUT2D eigenvalue weighted by molar-refractivity contribution is -0.122. The van der Waals surface area contributed by atoms with Crippen LogP contribution in [0.2, 0.25) is 0 Å². The van der Waals surface area contributed by atoms with E-state index in [9.17, 15) is 9.59 Å². The van der Waals surface area contributed by atoms with Gasteiger partial charge in [-0.3, -0.25) is 9.69 Å². The van der Waals surface area contributed by atoms with Gasteiger partial charge in [0.25, 0.3) is 0 Å². The molecule has 3 rings (SSSR count). The van der Waals surface area contributed by atoms with Crippen LogP contribution in [0.1, 0.15) is 37.9 Å². The topological polar surface area (TPSA) is 61.9 Å². The van der Waals surface area contributed by atoms with Crippen molar-refractivity contribution in [3.63, 3.8) is 0 Å². The van der Waals surface area contributed by atoms with Gasteiger partial charge in [0, 0.05) is 31.9 Å². The molecule has 30 heavy (non-hydrogen) atoms. The minimum atomic E-state index is -0.520. The van der Waals surface area contributed by atoms with Crippen LogP contribution in [0.25, 0.3) is 0 Å². The molecule has 1 unspecified atom stereocenters. The van der Waals surface area contributed by atoms with Gasteiger partial charge in [-0.15, -0.1) is 0 Å². The van der Waals surface area contributed by atoms with E-state index in [0.29, 0.717) is 26.2 Å². The highest BCUT2D eigenvalue weighted by molar-refractivity contribution is 5.96. The second-order valence-corrected chi connectivity index (χ2v) is 8.62. The Bertz CT molecular complexity index is 869. The Kier molecular flexibility index (Phi) is 6.77. The monoisotopic (exact) mass is 409 g/mol. The number of aryl methyl sites for hydroxylation is 1. The summed E-state index contributed by atoms with van der Waals surface area (Å²) in [7, 11) is 0. The standard InChI is InChI=1S/C24H31N3O3/c1-18-10-8-9-13-20(18)25-22(28)21(19-11-6-5-7-12-19)26-14-16-27(17-15-26)23(29)30-24(2,3)4/h5-13,21H,14-17H2,1-4H3,(H,25,28). The van der Waals surface area contributed by atoms with Gasteiger partial charge >= 0.3 is 6.09 Å². The van der Waals surface area contributed by atoms with Gasteiger partial charge in [0.15, 0.2) is 0 Å². The molecule has 6 heteroatoms. The lowest BCUT2D eigenvalue weighted by Crippen LogP contribution is -2.52. The molecule has 1 N–H and O–H groups in total. The number of hydrogen-bond donors (Lipinski definition) is 1. The summed E-state index contributed by atoms with van der Waals surface area (Å²) in [4.78, 5) is 29.5. The molecule has 0 saturated carbocycles. The maximum atomic E-state index is 13.3. The first-order valence-corrected chi connectivity index (χ1v) is 10.4. The quantitative estimate of drug-likeness (QED) is 0.821. The van der Waals surface area contributed by atoms with Crippen LogP contribution in [-0.2, 0) is 9.53 Å². The number of para-hydroxylation sites is 1. The van der Waals surface area contributed by atoms with E-state index >= 15 is 0 Å². The van der Waals surface area contributed by atoms with E-state index in [1.807, 2.05) is 82.3 Å². The molecule has 0 bridgehead atoms. The summed E-state index contributed by atoms with van der Waals surface area (Å²) in [5.41, 5.74) is 2.26. The molecule has 2 aromatic rings. The van der Waals surface area contributed by atoms with Crippen molar-refractivity contribution in [1.29, 1.82) is 0 Å². The molecule has 1 fully saturated rings. The highest BCUT2D eigenvalue weighted by Crippen LogP contribution is 2.25. The van der Waals surface area contributed by atoms with Crippen LogP contribution in [0.4, 0.5) is 10.5 Å². The Morgan fingerprint density at radius 3 is 2.13 bits per heavy atom. The largest absolute Gasteiger partial charge is 0.444 e. The number of nitrogens with one attached hydrogen (secondary N) is 1. The van der Waals surface area contributed by atoms with Gasteiger partial charge in [0.1, 0.15) is 11.6 Å². The van der Waals surface area contributed by atoms with E-state index in [0.717, 1.165) is 16.8 Å². The van der Waals surface area contributed by atoms with Crippen LogP contribution in [0.3, 0.4) is 0 Å². The van der Waals surface area contributed by atoms with Gasteiger partial charge in [-0.25, -0.2) is 4.79 Å². The number of benzene rings is 2. The number of piperazine rings is 1. The number of nitrogens with zero attached hydrogens (tertiary/aromatic N) is 2. The van der Waals surface area contributed by atoms with Crippen molar-refractivity contribution in [3.8, 4) is 0 Å². The van der Waals surface area contributed by atoms with Crippen LogP contribution in [0, 0.1) is 6.92 Å². The maximum Gasteiger partial charge on any atom is 0.410 e. The number of carbonyl (C=O) groups is 2. The fourth-order valence-corrected chi connectivity index (χ4v) is 3.57. The zero-order chi connectivity index (χ0) is 21.7.